The zero-order valence-electron chi connectivity index (χ0n) is 38.6. The number of alkyl carbamates (subject to hydrolysis) is 2. The molecule has 5 aromatic rings. The minimum Gasteiger partial charge on any atom is -0.453 e. The summed E-state index contributed by atoms with van der Waals surface area (Å²) in [5.41, 5.74) is 10.1. The number of carbonyl (C=O) groups is 4. The average Bonchev–Trinajstić information content (AvgIpc) is 4.15. The molecule has 2 saturated heterocycles. The zero-order chi connectivity index (χ0) is 46.3. The topological polar surface area (TPSA) is 158 Å². The monoisotopic (exact) mass is 889 g/mol. The molecule has 1 unspecified atom stereocenters. The number of aromatic nitrogens is 2. The van der Waals surface area contributed by atoms with Crippen molar-refractivity contribution in [2.45, 2.75) is 109 Å². The van der Waals surface area contributed by atoms with Crippen molar-refractivity contribution in [2.24, 2.45) is 10.9 Å². The van der Waals surface area contributed by atoms with E-state index in [0.29, 0.717) is 24.5 Å². The Kier molecular flexibility index (Phi) is 12.3. The van der Waals surface area contributed by atoms with Gasteiger partial charge in [-0.15, -0.1) is 0 Å². The Labute approximate surface area is 386 Å². The molecule has 342 valence electrons. The van der Waals surface area contributed by atoms with Crippen LogP contribution in [0.3, 0.4) is 0 Å². The molecule has 9 rings (SSSR count). The van der Waals surface area contributed by atoms with Gasteiger partial charge in [-0.25, -0.2) is 14.6 Å². The number of fused-ring (bicyclic) bond motifs is 3. The van der Waals surface area contributed by atoms with Crippen molar-refractivity contribution in [1.29, 1.82) is 0 Å². The lowest BCUT2D eigenvalue weighted by Gasteiger charge is -2.31. The highest BCUT2D eigenvalue weighted by Gasteiger charge is 2.41. The molecular formula is C53H59N7O6. The van der Waals surface area contributed by atoms with E-state index in [-0.39, 0.29) is 29.8 Å². The van der Waals surface area contributed by atoms with Crippen molar-refractivity contribution in [3.63, 3.8) is 0 Å². The van der Waals surface area contributed by atoms with Gasteiger partial charge in [0.05, 0.1) is 31.1 Å². The number of aliphatic imine (C=N–C) groups is 1. The fraction of sp³-hybridized carbons (Fsp3) is 0.396. The molecule has 4 aromatic carbocycles. The summed E-state index contributed by atoms with van der Waals surface area (Å²) in [6.45, 7) is 10.5. The number of aryl methyl sites for hydroxylation is 1. The first-order valence-corrected chi connectivity index (χ1v) is 23.3. The number of nitrogens with one attached hydrogen (secondary N) is 3. The van der Waals surface area contributed by atoms with E-state index >= 15 is 0 Å². The first-order chi connectivity index (χ1) is 31.7. The molecule has 1 aliphatic carbocycles. The SMILES string of the molecule is COC(=O)N[C@H](C(=O)N1CCC[C@H]1C1=NC2=C(C1)c1ccc(-c3ccc4cc(-c5cnc([C@@H]6CCCN6C(=O)C(NC(=O)OC(C)(C)C)c6ccccc6)[nH]5)ccc4c3)cc1CC2)C(C)C. The largest absolute Gasteiger partial charge is 0.453 e. The highest BCUT2D eigenvalue weighted by Crippen LogP contribution is 2.42. The summed E-state index contributed by atoms with van der Waals surface area (Å²) in [6, 6.07) is 27.1. The average molecular weight is 890 g/mol. The van der Waals surface area contributed by atoms with Gasteiger partial charge in [-0.1, -0.05) is 86.6 Å². The van der Waals surface area contributed by atoms with Crippen molar-refractivity contribution in [3.8, 4) is 22.4 Å². The van der Waals surface area contributed by atoms with Crippen LogP contribution in [0.2, 0.25) is 0 Å². The van der Waals surface area contributed by atoms with Crippen molar-refractivity contribution < 1.29 is 28.7 Å². The third-order valence-electron chi connectivity index (χ3n) is 13.3. The molecule has 0 radical (unpaired) electrons. The van der Waals surface area contributed by atoms with Gasteiger partial charge in [0.25, 0.3) is 5.91 Å². The van der Waals surface area contributed by atoms with Gasteiger partial charge in [0.15, 0.2) is 0 Å². The highest BCUT2D eigenvalue weighted by molar-refractivity contribution is 6.05. The maximum atomic E-state index is 14.2. The van der Waals surface area contributed by atoms with E-state index in [9.17, 15) is 19.2 Å². The summed E-state index contributed by atoms with van der Waals surface area (Å²) < 4.78 is 10.4. The predicted octanol–water partition coefficient (Wildman–Crippen LogP) is 9.70. The Morgan fingerprint density at radius 3 is 2.15 bits per heavy atom. The number of aromatic amines is 1. The Morgan fingerprint density at radius 1 is 0.773 bits per heavy atom. The molecule has 3 N–H and O–H groups in total. The molecule has 0 spiro atoms. The summed E-state index contributed by atoms with van der Waals surface area (Å²) in [4.78, 5) is 70.3. The standard InChI is InChI=1S/C53H59N7O6/c1-31(2)46(57-51(63)65-6)49(61)59-24-10-14-44(59)42-29-40-39-22-20-36(27-37(39)21-23-41(40)55-42)33-16-17-35-28-38(19-18-34(35)26-33)43-30-54-48(56-43)45-15-11-25-60(45)50(62)47(32-12-8-7-9-13-32)58-52(64)66-53(3,4)5/h7-9,12-13,16-20,22,26-28,30-31,44-47H,10-11,14-15,21,23-25,29H2,1-6H3,(H,54,56)(H,57,63)(H,58,64)/t44-,45-,46-,47?/m0/s1. The molecule has 13 heteroatoms. The highest BCUT2D eigenvalue weighted by atomic mass is 16.6. The van der Waals surface area contributed by atoms with E-state index in [1.807, 2.05) is 60.2 Å². The van der Waals surface area contributed by atoms with Crippen LogP contribution >= 0.6 is 0 Å². The molecule has 2 fully saturated rings. The van der Waals surface area contributed by atoms with E-state index in [0.717, 1.165) is 89.5 Å². The number of amides is 4. The van der Waals surface area contributed by atoms with Crippen LogP contribution in [0.15, 0.2) is 102 Å². The molecule has 66 heavy (non-hydrogen) atoms. The van der Waals surface area contributed by atoms with Crippen molar-refractivity contribution in [3.05, 3.63) is 119 Å². The summed E-state index contributed by atoms with van der Waals surface area (Å²) in [6.07, 6.45) is 6.41. The summed E-state index contributed by atoms with van der Waals surface area (Å²) >= 11 is 0. The van der Waals surface area contributed by atoms with Gasteiger partial charge in [-0.05, 0) is 122 Å². The van der Waals surface area contributed by atoms with Crippen LogP contribution in [0.25, 0.3) is 38.7 Å². The number of carbonyl (C=O) groups excluding carboxylic acids is 4. The molecule has 4 atom stereocenters. The number of methoxy groups -OCH3 is 1. The van der Waals surface area contributed by atoms with Crippen molar-refractivity contribution >= 4 is 46.1 Å². The van der Waals surface area contributed by atoms with Crippen LogP contribution in [0, 0.1) is 5.92 Å². The van der Waals surface area contributed by atoms with Crippen molar-refractivity contribution in [2.75, 3.05) is 20.2 Å². The lowest BCUT2D eigenvalue weighted by Crippen LogP contribution is -2.53. The third-order valence-corrected chi connectivity index (χ3v) is 13.3. The van der Waals surface area contributed by atoms with Gasteiger partial charge in [0.2, 0.25) is 5.91 Å². The number of benzene rings is 4. The van der Waals surface area contributed by atoms with Crippen LogP contribution in [0.5, 0.6) is 0 Å². The first kappa shape index (κ1) is 44.4. The van der Waals surface area contributed by atoms with Gasteiger partial charge in [-0.2, -0.15) is 0 Å². The second-order valence-corrected chi connectivity index (χ2v) is 19.3. The fourth-order valence-corrected chi connectivity index (χ4v) is 10.1. The number of rotatable bonds is 10. The Hall–Kier alpha value is -6.76. The molecule has 4 heterocycles. The van der Waals surface area contributed by atoms with Gasteiger partial charge in [0.1, 0.15) is 23.5 Å². The number of nitrogens with zero attached hydrogens (tertiary/aromatic N) is 4. The van der Waals surface area contributed by atoms with Crippen LogP contribution in [0.1, 0.15) is 108 Å². The fourth-order valence-electron chi connectivity index (χ4n) is 10.1. The Balaban J connectivity index is 0.879. The van der Waals surface area contributed by atoms with Crippen LogP contribution < -0.4 is 10.6 Å². The molecule has 3 aliphatic heterocycles. The molecule has 13 nitrogen and oxygen atoms in total. The number of likely N-dealkylation sites (tertiary alicyclic amines) is 2. The quantitative estimate of drug-likeness (QED) is 0.126. The van der Waals surface area contributed by atoms with E-state index in [1.165, 1.54) is 23.8 Å². The number of H-pyrrole nitrogens is 1. The van der Waals surface area contributed by atoms with Crippen LogP contribution in [0.4, 0.5) is 9.59 Å². The van der Waals surface area contributed by atoms with Gasteiger partial charge in [-0.3, -0.25) is 14.6 Å². The Bertz CT molecular complexity index is 2750. The number of imidazole rings is 1. The molecule has 4 amide bonds. The molecular weight excluding hydrogens is 831 g/mol. The van der Waals surface area contributed by atoms with Gasteiger partial charge >= 0.3 is 12.2 Å². The van der Waals surface area contributed by atoms with Gasteiger partial charge in [0, 0.05) is 36.5 Å². The maximum Gasteiger partial charge on any atom is 0.408 e. The number of allylic oxidation sites excluding steroid dienone is 2. The third kappa shape index (κ3) is 9.08. The van der Waals surface area contributed by atoms with Crippen LogP contribution in [-0.2, 0) is 25.5 Å². The van der Waals surface area contributed by atoms with E-state index in [1.54, 1.807) is 20.8 Å². The molecule has 0 bridgehead atoms. The Morgan fingerprint density at radius 2 is 1.44 bits per heavy atom. The van der Waals surface area contributed by atoms with Gasteiger partial charge < -0.3 is 34.9 Å². The van der Waals surface area contributed by atoms with E-state index < -0.39 is 29.9 Å². The first-order valence-electron chi connectivity index (χ1n) is 23.3. The zero-order valence-corrected chi connectivity index (χ0v) is 38.6. The number of hydrogen-bond acceptors (Lipinski definition) is 8. The second-order valence-electron chi connectivity index (χ2n) is 19.3. The smallest absolute Gasteiger partial charge is 0.408 e. The lowest BCUT2D eigenvalue weighted by atomic mass is 9.85. The molecule has 4 aliphatic rings. The predicted molar refractivity (Wildman–Crippen MR) is 255 cm³/mol. The minimum absolute atomic E-state index is 0.0797. The molecule has 1 aromatic heterocycles. The minimum atomic E-state index is -0.903. The summed E-state index contributed by atoms with van der Waals surface area (Å²) in [7, 11) is 1.31. The maximum absolute atomic E-state index is 14.2. The van der Waals surface area contributed by atoms with Crippen molar-refractivity contribution in [1.82, 2.24) is 30.4 Å². The summed E-state index contributed by atoms with van der Waals surface area (Å²) in [5, 5.41) is 7.82. The summed E-state index contributed by atoms with van der Waals surface area (Å²) in [5.74, 6) is 0.348. The van der Waals surface area contributed by atoms with E-state index in [2.05, 4.69) is 70.2 Å². The second kappa shape index (κ2) is 18.3. The number of hydrogen-bond donors (Lipinski definition) is 3. The van der Waals surface area contributed by atoms with E-state index in [4.69, 9.17) is 19.5 Å². The molecule has 0 saturated carbocycles. The normalized spacial score (nSPS) is 19.0. The van der Waals surface area contributed by atoms with Crippen LogP contribution in [-0.4, -0.2) is 87.4 Å². The number of ether oxygens (including phenoxy) is 2. The lowest BCUT2D eigenvalue weighted by molar-refractivity contribution is -0.135.